The van der Waals surface area contributed by atoms with Crippen molar-refractivity contribution in [2.45, 2.75) is 0 Å². The van der Waals surface area contributed by atoms with E-state index in [9.17, 15) is 14.0 Å². The number of rotatable bonds is 5. The van der Waals surface area contributed by atoms with Crippen LogP contribution in [0.4, 0.5) is 20.6 Å². The lowest BCUT2D eigenvalue weighted by Gasteiger charge is -2.18. The van der Waals surface area contributed by atoms with E-state index in [1.807, 2.05) is 0 Å². The number of anilines is 2. The molecule has 1 heterocycles. The van der Waals surface area contributed by atoms with Crippen molar-refractivity contribution in [3.05, 3.63) is 53.3 Å². The minimum atomic E-state index is -0.366. The zero-order valence-corrected chi connectivity index (χ0v) is 14.8. The number of methoxy groups -OCH3 is 1. The number of urea groups is 1. The van der Waals surface area contributed by atoms with Crippen LogP contribution in [0.25, 0.3) is 0 Å². The Bertz CT molecular complexity index is 829. The van der Waals surface area contributed by atoms with Crippen molar-refractivity contribution in [3.8, 4) is 5.75 Å². The Labute approximate surface area is 155 Å². The molecule has 3 amide bonds. The molecule has 8 heteroatoms. The summed E-state index contributed by atoms with van der Waals surface area (Å²) in [6, 6.07) is 10.3. The maximum atomic E-state index is 13.0. The fourth-order valence-corrected chi connectivity index (χ4v) is 2.97. The third-order valence-corrected chi connectivity index (χ3v) is 4.30. The van der Waals surface area contributed by atoms with Crippen LogP contribution in [0.5, 0.6) is 5.75 Å². The van der Waals surface area contributed by atoms with E-state index < -0.39 is 0 Å². The maximum Gasteiger partial charge on any atom is 0.325 e. The second kappa shape index (κ2) is 7.61. The summed E-state index contributed by atoms with van der Waals surface area (Å²) in [4.78, 5) is 27.6. The van der Waals surface area contributed by atoms with Crippen molar-refractivity contribution < 1.29 is 18.7 Å². The molecule has 1 N–H and O–H groups in total. The van der Waals surface area contributed by atoms with Crippen LogP contribution in [0.15, 0.2) is 42.5 Å². The van der Waals surface area contributed by atoms with Crippen LogP contribution >= 0.6 is 11.6 Å². The van der Waals surface area contributed by atoms with Gasteiger partial charge in [-0.2, -0.15) is 0 Å². The molecule has 0 spiro atoms. The highest BCUT2D eigenvalue weighted by Gasteiger charge is 2.30. The van der Waals surface area contributed by atoms with Gasteiger partial charge < -0.3 is 15.0 Å². The number of benzene rings is 2. The lowest BCUT2D eigenvalue weighted by molar-refractivity contribution is -0.116. The number of halogens is 2. The van der Waals surface area contributed by atoms with Gasteiger partial charge in [0.2, 0.25) is 5.91 Å². The van der Waals surface area contributed by atoms with Gasteiger partial charge in [0.25, 0.3) is 0 Å². The summed E-state index contributed by atoms with van der Waals surface area (Å²) in [5.41, 5.74) is 1.11. The van der Waals surface area contributed by atoms with Crippen molar-refractivity contribution in [2.24, 2.45) is 0 Å². The average molecular weight is 378 g/mol. The van der Waals surface area contributed by atoms with E-state index in [0.29, 0.717) is 35.2 Å². The van der Waals surface area contributed by atoms with Gasteiger partial charge in [-0.25, -0.2) is 9.18 Å². The van der Waals surface area contributed by atoms with Gasteiger partial charge in [-0.05, 0) is 42.5 Å². The van der Waals surface area contributed by atoms with Crippen LogP contribution in [-0.4, -0.2) is 43.6 Å². The lowest BCUT2D eigenvalue weighted by Crippen LogP contribution is -2.37. The van der Waals surface area contributed by atoms with Crippen molar-refractivity contribution >= 4 is 34.9 Å². The fourth-order valence-electron chi connectivity index (χ4n) is 2.71. The van der Waals surface area contributed by atoms with Gasteiger partial charge in [-0.15, -0.1) is 0 Å². The zero-order valence-electron chi connectivity index (χ0n) is 14.0. The van der Waals surface area contributed by atoms with Gasteiger partial charge >= 0.3 is 6.03 Å². The number of carbonyl (C=O) groups excluding carboxylic acids is 2. The normalized spacial score (nSPS) is 13.9. The largest absolute Gasteiger partial charge is 0.495 e. The van der Waals surface area contributed by atoms with Crippen LogP contribution in [-0.2, 0) is 4.79 Å². The predicted octanol–water partition coefficient (Wildman–Crippen LogP) is 3.37. The molecule has 6 nitrogen and oxygen atoms in total. The summed E-state index contributed by atoms with van der Waals surface area (Å²) in [6.07, 6.45) is 0. The Morgan fingerprint density at radius 2 is 1.96 bits per heavy atom. The molecular weight excluding hydrogens is 361 g/mol. The van der Waals surface area contributed by atoms with Gasteiger partial charge in [0.1, 0.15) is 18.1 Å². The maximum absolute atomic E-state index is 13.0. The van der Waals surface area contributed by atoms with Gasteiger partial charge in [0.15, 0.2) is 0 Å². The van der Waals surface area contributed by atoms with Crippen molar-refractivity contribution in [3.63, 3.8) is 0 Å². The lowest BCUT2D eigenvalue weighted by atomic mass is 10.3. The molecule has 136 valence electrons. The van der Waals surface area contributed by atoms with E-state index >= 15 is 0 Å². The van der Waals surface area contributed by atoms with Gasteiger partial charge in [0, 0.05) is 24.5 Å². The third-order valence-electron chi connectivity index (χ3n) is 4.00. The van der Waals surface area contributed by atoms with Crippen molar-refractivity contribution in [1.29, 1.82) is 0 Å². The molecule has 1 aliphatic heterocycles. The quantitative estimate of drug-likeness (QED) is 0.869. The average Bonchev–Trinajstić information content (AvgIpc) is 2.96. The molecule has 0 atom stereocenters. The van der Waals surface area contributed by atoms with Gasteiger partial charge in [-0.3, -0.25) is 9.69 Å². The number of ether oxygens (including phenoxy) is 1. The Morgan fingerprint density at radius 3 is 2.62 bits per heavy atom. The van der Waals surface area contributed by atoms with E-state index in [1.54, 1.807) is 18.2 Å². The molecule has 0 unspecified atom stereocenters. The van der Waals surface area contributed by atoms with E-state index in [0.717, 1.165) is 0 Å². The van der Waals surface area contributed by atoms with Gasteiger partial charge in [0.05, 0.1) is 12.1 Å². The number of amides is 3. The predicted molar refractivity (Wildman–Crippen MR) is 97.3 cm³/mol. The number of nitrogens with zero attached hydrogens (tertiary/aromatic N) is 2. The molecule has 0 bridgehead atoms. The fraction of sp³-hybridized carbons (Fsp3) is 0.222. The Balaban J connectivity index is 1.60. The first kappa shape index (κ1) is 18.0. The second-order valence-corrected chi connectivity index (χ2v) is 6.14. The molecule has 0 radical (unpaired) electrons. The standard InChI is InChI=1S/C18H17ClFN3O3/c1-26-16-7-4-13(10-15(16)19)21-17(24)11-22-8-9-23(18(22)25)14-5-2-12(20)3-6-14/h2-7,10H,8-9,11H2,1H3,(H,21,24). The molecule has 1 saturated heterocycles. The van der Waals surface area contributed by atoms with E-state index in [2.05, 4.69) is 5.32 Å². The summed E-state index contributed by atoms with van der Waals surface area (Å²) in [6.45, 7) is 0.763. The molecule has 0 aliphatic carbocycles. The summed E-state index contributed by atoms with van der Waals surface area (Å²) in [5.74, 6) is -0.190. The van der Waals surface area contributed by atoms with Crippen LogP contribution in [0, 0.1) is 5.82 Å². The summed E-state index contributed by atoms with van der Waals surface area (Å²) in [7, 11) is 1.51. The van der Waals surface area contributed by atoms with Gasteiger partial charge in [-0.1, -0.05) is 11.6 Å². The van der Waals surface area contributed by atoms with Crippen molar-refractivity contribution in [2.75, 3.05) is 37.0 Å². The zero-order chi connectivity index (χ0) is 18.7. The SMILES string of the molecule is COc1ccc(NC(=O)CN2CCN(c3ccc(F)cc3)C2=O)cc1Cl. The van der Waals surface area contributed by atoms with Crippen LogP contribution in [0.2, 0.25) is 5.02 Å². The van der Waals surface area contributed by atoms with E-state index in [-0.39, 0.29) is 24.3 Å². The number of hydrogen-bond donors (Lipinski definition) is 1. The molecule has 3 rings (SSSR count). The minimum Gasteiger partial charge on any atom is -0.495 e. The molecule has 0 saturated carbocycles. The first-order chi connectivity index (χ1) is 12.5. The molecule has 2 aromatic carbocycles. The molecule has 26 heavy (non-hydrogen) atoms. The topological polar surface area (TPSA) is 61.9 Å². The number of hydrogen-bond acceptors (Lipinski definition) is 3. The summed E-state index contributed by atoms with van der Waals surface area (Å²) < 4.78 is 18.1. The highest BCUT2D eigenvalue weighted by atomic mass is 35.5. The van der Waals surface area contributed by atoms with E-state index in [1.165, 1.54) is 41.2 Å². The smallest absolute Gasteiger partial charge is 0.325 e. The van der Waals surface area contributed by atoms with Crippen molar-refractivity contribution in [1.82, 2.24) is 4.90 Å². The molecule has 1 fully saturated rings. The minimum absolute atomic E-state index is 0.0832. The summed E-state index contributed by atoms with van der Waals surface area (Å²) in [5, 5.41) is 3.08. The molecule has 1 aliphatic rings. The molecular formula is C18H17ClFN3O3. The highest BCUT2D eigenvalue weighted by molar-refractivity contribution is 6.32. The summed E-state index contributed by atoms with van der Waals surface area (Å²) >= 11 is 6.03. The number of carbonyl (C=O) groups is 2. The molecule has 0 aromatic heterocycles. The Hall–Kier alpha value is -2.80. The molecule has 2 aromatic rings. The monoisotopic (exact) mass is 377 g/mol. The van der Waals surface area contributed by atoms with Crippen LogP contribution in [0.3, 0.4) is 0 Å². The van der Waals surface area contributed by atoms with Crippen LogP contribution < -0.4 is 15.0 Å². The highest BCUT2D eigenvalue weighted by Crippen LogP contribution is 2.27. The third kappa shape index (κ3) is 3.88. The Morgan fingerprint density at radius 1 is 1.23 bits per heavy atom. The number of nitrogens with one attached hydrogen (secondary N) is 1. The first-order valence-corrected chi connectivity index (χ1v) is 8.31. The van der Waals surface area contributed by atoms with Crippen LogP contribution in [0.1, 0.15) is 0 Å². The van der Waals surface area contributed by atoms with E-state index in [4.69, 9.17) is 16.3 Å². The second-order valence-electron chi connectivity index (χ2n) is 5.73. The Kier molecular flexibility index (Phi) is 5.27. The first-order valence-electron chi connectivity index (χ1n) is 7.93.